The van der Waals surface area contributed by atoms with Gasteiger partial charge in [0.25, 0.3) is 0 Å². The van der Waals surface area contributed by atoms with Gasteiger partial charge in [-0.15, -0.1) is 0 Å². The summed E-state index contributed by atoms with van der Waals surface area (Å²) in [5, 5.41) is 17.4. The van der Waals surface area contributed by atoms with Gasteiger partial charge in [0.1, 0.15) is 0 Å². The van der Waals surface area contributed by atoms with E-state index in [1.807, 2.05) is 0 Å². The smallest absolute Gasteiger partial charge is 0.248 e. The first-order valence-electron chi connectivity index (χ1n) is 4.85. The monoisotopic (exact) mass is 255 g/mol. The Labute approximate surface area is 99.9 Å². The molecule has 7 heteroatoms. The number of nitrogens with zero attached hydrogens (tertiary/aromatic N) is 2. The fraction of sp³-hybridized carbons (Fsp3) is 0.300. The van der Waals surface area contributed by atoms with Crippen LogP contribution in [0.3, 0.4) is 0 Å². The number of nitriles is 1. The number of anilines is 2. The van der Waals surface area contributed by atoms with Crippen molar-refractivity contribution in [3.63, 3.8) is 0 Å². The van der Waals surface area contributed by atoms with Crippen molar-refractivity contribution in [1.29, 1.82) is 5.26 Å². The maximum Gasteiger partial charge on any atom is 0.248 e. The quantitative estimate of drug-likeness (QED) is 0.715. The van der Waals surface area contributed by atoms with Crippen molar-refractivity contribution >= 4 is 21.4 Å². The number of aliphatic hydroxyl groups excluding tert-OH is 1. The first-order chi connectivity index (χ1) is 8.03. The zero-order valence-corrected chi connectivity index (χ0v) is 9.89. The maximum absolute atomic E-state index is 11.8. The third-order valence-corrected chi connectivity index (χ3v) is 3.64. The van der Waals surface area contributed by atoms with Crippen molar-refractivity contribution in [3.05, 3.63) is 24.3 Å². The minimum Gasteiger partial charge on any atom is -0.397 e. The second-order valence-corrected chi connectivity index (χ2v) is 5.16. The van der Waals surface area contributed by atoms with Crippen molar-refractivity contribution in [3.8, 4) is 6.07 Å². The lowest BCUT2D eigenvalue weighted by Gasteiger charge is -2.23. The second kappa shape index (κ2) is 5.52. The fourth-order valence-electron chi connectivity index (χ4n) is 1.37. The van der Waals surface area contributed by atoms with Crippen molar-refractivity contribution in [2.75, 3.05) is 28.9 Å². The number of nitrogen functional groups attached to an aromatic ring is 1. The molecule has 0 saturated heterocycles. The highest BCUT2D eigenvalue weighted by atomic mass is 32.2. The van der Waals surface area contributed by atoms with Crippen LogP contribution in [0.15, 0.2) is 24.3 Å². The van der Waals surface area contributed by atoms with Crippen LogP contribution in [0.1, 0.15) is 0 Å². The lowest BCUT2D eigenvalue weighted by molar-refractivity contribution is 0.307. The Kier molecular flexibility index (Phi) is 4.31. The number of aliphatic hydroxyl groups is 1. The van der Waals surface area contributed by atoms with Crippen LogP contribution in [0.4, 0.5) is 11.4 Å². The largest absolute Gasteiger partial charge is 0.397 e. The van der Waals surface area contributed by atoms with Crippen LogP contribution >= 0.6 is 0 Å². The van der Waals surface area contributed by atoms with E-state index < -0.39 is 15.8 Å². The molecule has 1 aromatic rings. The van der Waals surface area contributed by atoms with Gasteiger partial charge < -0.3 is 10.8 Å². The van der Waals surface area contributed by atoms with Crippen LogP contribution in [0.2, 0.25) is 0 Å². The molecule has 0 saturated carbocycles. The number of sulfonamides is 1. The first-order valence-corrected chi connectivity index (χ1v) is 6.46. The molecule has 0 radical (unpaired) electrons. The lowest BCUT2D eigenvalue weighted by Crippen LogP contribution is -2.35. The Morgan fingerprint density at radius 1 is 1.41 bits per heavy atom. The second-order valence-electron chi connectivity index (χ2n) is 3.27. The van der Waals surface area contributed by atoms with E-state index in [9.17, 15) is 8.42 Å². The van der Waals surface area contributed by atoms with Gasteiger partial charge >= 0.3 is 0 Å². The number of hydrogen-bond acceptors (Lipinski definition) is 5. The molecule has 1 rings (SSSR count). The Balaban J connectivity index is 3.20. The molecule has 6 nitrogen and oxygen atoms in total. The van der Waals surface area contributed by atoms with Gasteiger partial charge in [0.15, 0.2) is 5.75 Å². The third-order valence-electron chi connectivity index (χ3n) is 2.09. The zero-order chi connectivity index (χ0) is 12.9. The van der Waals surface area contributed by atoms with Crippen molar-refractivity contribution < 1.29 is 13.5 Å². The standard InChI is InChI=1S/C10H13N3O3S/c11-5-8-17(15,16)13(6-7-14)10-4-2-1-3-9(10)12/h1-4,14H,6-8,12H2. The molecule has 17 heavy (non-hydrogen) atoms. The molecule has 0 aromatic heterocycles. The fourth-order valence-corrected chi connectivity index (χ4v) is 2.52. The first kappa shape index (κ1) is 13.3. The van der Waals surface area contributed by atoms with Crippen LogP contribution in [0.25, 0.3) is 0 Å². The van der Waals surface area contributed by atoms with Gasteiger partial charge in [-0.2, -0.15) is 5.26 Å². The van der Waals surface area contributed by atoms with Gasteiger partial charge in [0.05, 0.1) is 30.6 Å². The number of hydrogen-bond donors (Lipinski definition) is 2. The third kappa shape index (κ3) is 3.09. The number of benzene rings is 1. The molecular formula is C10H13N3O3S. The van der Waals surface area contributed by atoms with E-state index in [0.717, 1.165) is 4.31 Å². The minimum atomic E-state index is -3.78. The number of nitrogens with two attached hydrogens (primary N) is 1. The van der Waals surface area contributed by atoms with E-state index in [0.29, 0.717) is 0 Å². The molecule has 1 aromatic carbocycles. The summed E-state index contributed by atoms with van der Waals surface area (Å²) >= 11 is 0. The van der Waals surface area contributed by atoms with Crippen LogP contribution in [-0.4, -0.2) is 32.4 Å². The summed E-state index contributed by atoms with van der Waals surface area (Å²) in [4.78, 5) is 0. The average molecular weight is 255 g/mol. The highest BCUT2D eigenvalue weighted by Gasteiger charge is 2.23. The van der Waals surface area contributed by atoms with Gasteiger partial charge in [-0.1, -0.05) is 12.1 Å². The average Bonchev–Trinajstić information content (AvgIpc) is 2.27. The van der Waals surface area contributed by atoms with E-state index in [1.54, 1.807) is 24.3 Å². The Hall–Kier alpha value is -1.78. The topological polar surface area (TPSA) is 107 Å². The summed E-state index contributed by atoms with van der Waals surface area (Å²) in [6.45, 7) is -0.475. The van der Waals surface area contributed by atoms with Crippen LogP contribution < -0.4 is 10.0 Å². The molecule has 0 aliphatic heterocycles. The van der Waals surface area contributed by atoms with Crippen molar-refractivity contribution in [2.24, 2.45) is 0 Å². The minimum absolute atomic E-state index is 0.127. The molecule has 0 aliphatic rings. The zero-order valence-electron chi connectivity index (χ0n) is 9.07. The molecule has 0 fully saturated rings. The van der Waals surface area contributed by atoms with Gasteiger partial charge in [-0.25, -0.2) is 8.42 Å². The van der Waals surface area contributed by atoms with E-state index in [4.69, 9.17) is 16.1 Å². The maximum atomic E-state index is 11.8. The Bertz CT molecular complexity index is 522. The molecule has 0 spiro atoms. The van der Waals surface area contributed by atoms with Gasteiger partial charge in [-0.05, 0) is 12.1 Å². The molecule has 0 atom stereocenters. The summed E-state index contributed by atoms with van der Waals surface area (Å²) in [6, 6.07) is 7.98. The van der Waals surface area contributed by atoms with Crippen LogP contribution in [-0.2, 0) is 10.0 Å². The Morgan fingerprint density at radius 3 is 2.59 bits per heavy atom. The molecule has 0 unspecified atom stereocenters. The molecule has 0 bridgehead atoms. The predicted molar refractivity (Wildman–Crippen MR) is 64.7 cm³/mol. The summed E-state index contributed by atoms with van der Waals surface area (Å²) in [7, 11) is -3.78. The summed E-state index contributed by atoms with van der Waals surface area (Å²) in [5.74, 6) is -0.651. The van der Waals surface area contributed by atoms with Gasteiger partial charge in [0.2, 0.25) is 10.0 Å². The van der Waals surface area contributed by atoms with E-state index in [2.05, 4.69) is 0 Å². The van der Waals surface area contributed by atoms with Gasteiger partial charge in [-0.3, -0.25) is 4.31 Å². The predicted octanol–water partition coefficient (Wildman–Crippen LogP) is -0.0791. The summed E-state index contributed by atoms with van der Waals surface area (Å²) in [5.41, 5.74) is 6.23. The highest BCUT2D eigenvalue weighted by molar-refractivity contribution is 7.93. The number of rotatable bonds is 5. The van der Waals surface area contributed by atoms with E-state index in [1.165, 1.54) is 6.07 Å². The van der Waals surface area contributed by atoms with Crippen LogP contribution in [0.5, 0.6) is 0 Å². The van der Waals surface area contributed by atoms with Crippen molar-refractivity contribution in [1.82, 2.24) is 0 Å². The van der Waals surface area contributed by atoms with Crippen LogP contribution in [0, 0.1) is 11.3 Å². The number of para-hydroxylation sites is 2. The van der Waals surface area contributed by atoms with Gasteiger partial charge in [0, 0.05) is 0 Å². The summed E-state index contributed by atoms with van der Waals surface area (Å²) in [6.07, 6.45) is 0. The molecule has 92 valence electrons. The lowest BCUT2D eigenvalue weighted by atomic mass is 10.3. The highest BCUT2D eigenvalue weighted by Crippen LogP contribution is 2.24. The summed E-state index contributed by atoms with van der Waals surface area (Å²) < 4.78 is 24.6. The molecule has 0 heterocycles. The van der Waals surface area contributed by atoms with E-state index >= 15 is 0 Å². The van der Waals surface area contributed by atoms with E-state index in [-0.39, 0.29) is 24.5 Å². The SMILES string of the molecule is N#CCS(=O)(=O)N(CCO)c1ccccc1N. The molecule has 0 aliphatic carbocycles. The normalized spacial score (nSPS) is 10.8. The Morgan fingerprint density at radius 2 is 2.06 bits per heavy atom. The molecule has 3 N–H and O–H groups in total. The molecular weight excluding hydrogens is 242 g/mol. The van der Waals surface area contributed by atoms with Crippen molar-refractivity contribution in [2.45, 2.75) is 0 Å². The molecule has 0 amide bonds.